The summed E-state index contributed by atoms with van der Waals surface area (Å²) in [5, 5.41) is 0.0678. The Balaban J connectivity index is -0.000000136. The third kappa shape index (κ3) is 37.4. The molecule has 0 saturated heterocycles. The molecule has 0 bridgehead atoms. The Morgan fingerprint density at radius 1 is 0.852 bits per heavy atom. The summed E-state index contributed by atoms with van der Waals surface area (Å²) in [5.74, 6) is 7.69. The minimum atomic E-state index is -0.0180. The second kappa shape index (κ2) is 26.0. The molecular formula is C23H45NOSTi. The molecule has 0 rings (SSSR count). The first-order valence-electron chi connectivity index (χ1n) is 9.45. The second-order valence-electron chi connectivity index (χ2n) is 7.35. The molecule has 0 aliphatic rings. The Morgan fingerprint density at radius 2 is 1.15 bits per heavy atom. The maximum atomic E-state index is 11.9. The third-order valence-electron chi connectivity index (χ3n) is 1.99. The van der Waals surface area contributed by atoms with E-state index in [1.54, 1.807) is 5.75 Å². The van der Waals surface area contributed by atoms with E-state index in [-0.39, 0.29) is 44.5 Å². The zero-order valence-electron chi connectivity index (χ0n) is 20.2. The molecule has 2 nitrogen and oxygen atoms in total. The van der Waals surface area contributed by atoms with E-state index in [0.717, 1.165) is 0 Å². The number of hydrogen-bond donors (Lipinski definition) is 0. The van der Waals surface area contributed by atoms with Gasteiger partial charge in [-0.25, -0.2) is 0 Å². The Hall–Kier alpha value is -0.0357. The average Bonchev–Trinajstić information content (AvgIpc) is 2.44. The van der Waals surface area contributed by atoms with Crippen LogP contribution in [0.25, 0.3) is 0 Å². The van der Waals surface area contributed by atoms with Crippen LogP contribution in [0.2, 0.25) is 0 Å². The molecule has 0 aliphatic carbocycles. The third-order valence-corrected chi connectivity index (χ3v) is 2.64. The van der Waals surface area contributed by atoms with Gasteiger partial charge in [0.15, 0.2) is 0 Å². The molecule has 0 atom stereocenters. The summed E-state index contributed by atoms with van der Waals surface area (Å²) >= 11 is 1.17. The Bertz CT molecular complexity index is 339. The van der Waals surface area contributed by atoms with Crippen molar-refractivity contribution in [1.29, 1.82) is 0 Å². The summed E-state index contributed by atoms with van der Waals surface area (Å²) in [6.07, 6.45) is 6.00. The maximum Gasteiger partial charge on any atom is 4.00 e. The van der Waals surface area contributed by atoms with Crippen LogP contribution in [0, 0.1) is 42.3 Å². The van der Waals surface area contributed by atoms with Crippen LogP contribution in [0.1, 0.15) is 90.0 Å². The van der Waals surface area contributed by atoms with Crippen LogP contribution in [0.5, 0.6) is 0 Å². The molecule has 158 valence electrons. The Kier molecular flexibility index (Phi) is 36.2. The fourth-order valence-electron chi connectivity index (χ4n) is 1.40. The Labute approximate surface area is 192 Å². The van der Waals surface area contributed by atoms with Crippen LogP contribution in [0.4, 0.5) is 4.79 Å². The van der Waals surface area contributed by atoms with Crippen molar-refractivity contribution in [3.8, 4) is 11.8 Å². The number of carbonyl (C=O) groups excluding carboxylic acids is 1. The van der Waals surface area contributed by atoms with Crippen LogP contribution in [-0.4, -0.2) is 22.2 Å². The molecule has 0 aromatic heterocycles. The number of carbonyl (C=O) groups is 1. The van der Waals surface area contributed by atoms with Gasteiger partial charge in [-0.05, 0) is 27.7 Å². The number of amides is 1. The van der Waals surface area contributed by atoms with Gasteiger partial charge in [-0.3, -0.25) is 10.7 Å². The van der Waals surface area contributed by atoms with Gasteiger partial charge >= 0.3 is 21.7 Å². The van der Waals surface area contributed by atoms with Crippen molar-refractivity contribution in [2.24, 2.45) is 5.41 Å². The summed E-state index contributed by atoms with van der Waals surface area (Å²) in [6.45, 7) is 26.3. The normalized spacial score (nSPS) is 9.00. The minimum Gasteiger partial charge on any atom is -0.335 e. The summed E-state index contributed by atoms with van der Waals surface area (Å²) < 4.78 is 0. The molecule has 0 spiro atoms. The van der Waals surface area contributed by atoms with Gasteiger partial charge in [0.05, 0.1) is 0 Å². The standard InChI is InChI=1S/C14H24NOS.3C3H7.Ti/c1-11(2)15(12(3)4)13(16)17-10-8-9-14(5,6)7;3*1-3-2;/h10-12H,1-7H3;3*3H,1-2H3;/q4*-1;+4. The van der Waals surface area contributed by atoms with Crippen LogP contribution in [-0.2, 0) is 21.7 Å². The Morgan fingerprint density at radius 3 is 1.37 bits per heavy atom. The van der Waals surface area contributed by atoms with Crippen LogP contribution in [0.15, 0.2) is 0 Å². The zero-order chi connectivity index (χ0) is 21.8. The summed E-state index contributed by atoms with van der Waals surface area (Å²) in [6, 6.07) is 0.443. The van der Waals surface area contributed by atoms with Gasteiger partial charge in [0, 0.05) is 12.1 Å². The van der Waals surface area contributed by atoms with E-state index in [1.807, 2.05) is 93.4 Å². The molecule has 0 radical (unpaired) electrons. The molecule has 27 heavy (non-hydrogen) atoms. The van der Waals surface area contributed by atoms with Crippen molar-refractivity contribution >= 4 is 17.0 Å². The van der Waals surface area contributed by atoms with E-state index >= 15 is 0 Å². The molecule has 0 heterocycles. The number of hydrogen-bond acceptors (Lipinski definition) is 2. The number of rotatable bonds is 3. The van der Waals surface area contributed by atoms with Gasteiger partial charge in [0.2, 0.25) is 0 Å². The van der Waals surface area contributed by atoms with Gasteiger partial charge in [-0.15, -0.1) is 17.5 Å². The topological polar surface area (TPSA) is 20.3 Å². The van der Waals surface area contributed by atoms with Crippen LogP contribution < -0.4 is 0 Å². The molecular weight excluding hydrogens is 386 g/mol. The first-order chi connectivity index (χ1) is 11.9. The SMILES string of the molecule is CC(C)N(C(=O)S[CH-]C#CC(C)(C)C)C(C)C.C[CH-]C.C[CH-]C.C[CH-]C.[Ti+4]. The van der Waals surface area contributed by atoms with Gasteiger partial charge < -0.3 is 30.1 Å². The maximum absolute atomic E-state index is 11.9. The quantitative estimate of drug-likeness (QED) is 0.257. The van der Waals surface area contributed by atoms with Crippen molar-refractivity contribution in [1.82, 2.24) is 4.90 Å². The van der Waals surface area contributed by atoms with E-state index in [2.05, 4.69) is 32.6 Å². The van der Waals surface area contributed by atoms with E-state index in [9.17, 15) is 4.79 Å². The monoisotopic (exact) mass is 431 g/mol. The number of thioether (sulfide) groups is 1. The van der Waals surface area contributed by atoms with Crippen molar-refractivity contribution in [3.05, 3.63) is 25.0 Å². The predicted octanol–water partition coefficient (Wildman–Crippen LogP) is 7.86. The molecule has 0 N–H and O–H groups in total. The molecule has 0 aromatic carbocycles. The van der Waals surface area contributed by atoms with Crippen molar-refractivity contribution in [2.75, 3.05) is 0 Å². The fourth-order valence-corrected chi connectivity index (χ4v) is 2.17. The van der Waals surface area contributed by atoms with Crippen molar-refractivity contribution < 1.29 is 26.5 Å². The molecule has 0 fully saturated rings. The molecule has 0 saturated carbocycles. The number of nitrogens with zero attached hydrogens (tertiary/aromatic N) is 1. The fraction of sp³-hybridized carbons (Fsp3) is 0.696. The van der Waals surface area contributed by atoms with E-state index < -0.39 is 0 Å². The van der Waals surface area contributed by atoms with E-state index in [0.29, 0.717) is 0 Å². The summed E-state index contributed by atoms with van der Waals surface area (Å²) in [5.41, 5.74) is -0.0180. The van der Waals surface area contributed by atoms with Crippen LogP contribution in [0.3, 0.4) is 0 Å². The van der Waals surface area contributed by atoms with Gasteiger partial charge in [-0.2, -0.15) is 41.5 Å². The smallest absolute Gasteiger partial charge is 0.335 e. The van der Waals surface area contributed by atoms with Crippen LogP contribution >= 0.6 is 11.8 Å². The minimum absolute atomic E-state index is 0. The van der Waals surface area contributed by atoms with Gasteiger partial charge in [-0.1, -0.05) is 26.2 Å². The largest absolute Gasteiger partial charge is 4.00 e. The zero-order valence-corrected chi connectivity index (χ0v) is 22.6. The summed E-state index contributed by atoms with van der Waals surface area (Å²) in [7, 11) is 0. The van der Waals surface area contributed by atoms with E-state index in [4.69, 9.17) is 0 Å². The molecule has 4 heteroatoms. The van der Waals surface area contributed by atoms with Crippen molar-refractivity contribution in [2.45, 2.75) is 102 Å². The predicted molar refractivity (Wildman–Crippen MR) is 124 cm³/mol. The second-order valence-corrected chi connectivity index (χ2v) is 8.17. The van der Waals surface area contributed by atoms with Crippen molar-refractivity contribution in [3.63, 3.8) is 0 Å². The molecule has 0 unspecified atom stereocenters. The van der Waals surface area contributed by atoms with Gasteiger partial charge in [0.1, 0.15) is 0 Å². The summed E-state index contributed by atoms with van der Waals surface area (Å²) in [4.78, 5) is 13.8. The van der Waals surface area contributed by atoms with Gasteiger partial charge in [0.25, 0.3) is 5.24 Å². The first-order valence-corrected chi connectivity index (χ1v) is 10.3. The molecule has 0 aromatic rings. The van der Waals surface area contributed by atoms with E-state index in [1.165, 1.54) is 11.8 Å². The molecule has 1 amide bonds. The average molecular weight is 432 g/mol. The molecule has 0 aliphatic heterocycles. The first kappa shape index (κ1) is 37.7.